The van der Waals surface area contributed by atoms with Crippen molar-refractivity contribution in [2.45, 2.75) is 13.1 Å². The number of rotatable bonds is 4. The van der Waals surface area contributed by atoms with E-state index in [4.69, 9.17) is 5.73 Å². The van der Waals surface area contributed by atoms with Gasteiger partial charge in [-0.15, -0.1) is 0 Å². The Morgan fingerprint density at radius 1 is 1.38 bits per heavy atom. The Morgan fingerprint density at radius 2 is 2.19 bits per heavy atom. The molecule has 0 aliphatic carbocycles. The maximum atomic E-state index is 5.61. The topological polar surface area (TPSA) is 60.8 Å². The summed E-state index contributed by atoms with van der Waals surface area (Å²) in [7, 11) is 3.98. The molecule has 0 aromatic carbocycles. The molecule has 2 aromatic heterocycles. The van der Waals surface area contributed by atoms with Crippen molar-refractivity contribution in [3.05, 3.63) is 36.2 Å². The van der Waals surface area contributed by atoms with Crippen LogP contribution in [0.5, 0.6) is 0 Å². The maximum absolute atomic E-state index is 5.61. The van der Waals surface area contributed by atoms with Crippen molar-refractivity contribution in [3.63, 3.8) is 0 Å². The van der Waals surface area contributed by atoms with Crippen LogP contribution in [0.25, 0.3) is 0 Å². The monoisotopic (exact) mass is 219 g/mol. The Balaban J connectivity index is 2.02. The van der Waals surface area contributed by atoms with Gasteiger partial charge in [-0.25, -0.2) is 4.98 Å². The molecule has 0 aliphatic rings. The van der Waals surface area contributed by atoms with Crippen LogP contribution < -0.4 is 11.1 Å². The van der Waals surface area contributed by atoms with E-state index in [2.05, 4.69) is 16.4 Å². The van der Waals surface area contributed by atoms with E-state index >= 15 is 0 Å². The quantitative estimate of drug-likeness (QED) is 0.800. The molecule has 0 aliphatic heterocycles. The molecule has 0 bridgehead atoms. The van der Waals surface area contributed by atoms with Gasteiger partial charge in [-0.2, -0.15) is 0 Å². The van der Waals surface area contributed by atoms with Crippen molar-refractivity contribution in [1.82, 2.24) is 14.1 Å². The fourth-order valence-electron chi connectivity index (χ4n) is 1.66. The molecule has 2 rings (SSSR count). The van der Waals surface area contributed by atoms with Gasteiger partial charge in [-0.05, 0) is 6.07 Å². The molecule has 0 saturated carbocycles. The Bertz CT molecular complexity index is 468. The van der Waals surface area contributed by atoms with E-state index in [0.717, 1.165) is 23.8 Å². The number of imidazole rings is 1. The lowest BCUT2D eigenvalue weighted by Gasteiger charge is -2.03. The molecule has 5 nitrogen and oxygen atoms in total. The summed E-state index contributed by atoms with van der Waals surface area (Å²) >= 11 is 0. The van der Waals surface area contributed by atoms with Crippen molar-refractivity contribution >= 4 is 5.69 Å². The molecular weight excluding hydrogens is 202 g/mol. The molecule has 2 heterocycles. The second-order valence-electron chi connectivity index (χ2n) is 3.84. The van der Waals surface area contributed by atoms with Crippen molar-refractivity contribution < 1.29 is 0 Å². The van der Waals surface area contributed by atoms with Crippen LogP contribution in [-0.2, 0) is 27.2 Å². The number of anilines is 1. The molecule has 16 heavy (non-hydrogen) atoms. The highest BCUT2D eigenvalue weighted by Crippen LogP contribution is 2.13. The highest BCUT2D eigenvalue weighted by atomic mass is 15.1. The molecular formula is C11H17N5. The summed E-state index contributed by atoms with van der Waals surface area (Å²) in [5, 5.41) is 3.32. The van der Waals surface area contributed by atoms with E-state index in [9.17, 15) is 0 Å². The van der Waals surface area contributed by atoms with Crippen LogP contribution in [0.1, 0.15) is 11.5 Å². The Hall–Kier alpha value is -1.75. The predicted molar refractivity (Wildman–Crippen MR) is 63.8 cm³/mol. The largest absolute Gasteiger partial charge is 0.377 e. The van der Waals surface area contributed by atoms with Crippen LogP contribution in [0.2, 0.25) is 0 Å². The Morgan fingerprint density at radius 3 is 2.75 bits per heavy atom. The minimum absolute atomic E-state index is 0.556. The number of nitrogens with zero attached hydrogens (tertiary/aromatic N) is 3. The van der Waals surface area contributed by atoms with E-state index in [0.29, 0.717) is 6.54 Å². The summed E-state index contributed by atoms with van der Waals surface area (Å²) in [6.45, 7) is 1.28. The van der Waals surface area contributed by atoms with Gasteiger partial charge >= 0.3 is 0 Å². The van der Waals surface area contributed by atoms with Crippen molar-refractivity contribution in [2.75, 3.05) is 5.32 Å². The summed E-state index contributed by atoms with van der Waals surface area (Å²) < 4.78 is 4.03. The van der Waals surface area contributed by atoms with Crippen LogP contribution in [0.15, 0.2) is 24.7 Å². The molecule has 3 N–H and O–H groups in total. The molecule has 0 spiro atoms. The summed E-state index contributed by atoms with van der Waals surface area (Å²) in [6.07, 6.45) is 5.77. The van der Waals surface area contributed by atoms with Gasteiger partial charge in [0.05, 0.1) is 12.2 Å². The predicted octanol–water partition coefficient (Wildman–Crippen LogP) is 0.829. The zero-order valence-electron chi connectivity index (χ0n) is 9.64. The summed E-state index contributed by atoms with van der Waals surface area (Å²) in [5.74, 6) is 1.01. The maximum Gasteiger partial charge on any atom is 0.127 e. The lowest BCUT2D eigenvalue weighted by atomic mass is 10.4. The average molecular weight is 219 g/mol. The van der Waals surface area contributed by atoms with Crippen molar-refractivity contribution in [3.8, 4) is 0 Å². The molecule has 5 heteroatoms. The van der Waals surface area contributed by atoms with Crippen LogP contribution in [-0.4, -0.2) is 14.1 Å². The highest BCUT2D eigenvalue weighted by molar-refractivity contribution is 5.44. The zero-order chi connectivity index (χ0) is 11.5. The first-order chi connectivity index (χ1) is 7.70. The first kappa shape index (κ1) is 10.8. The number of hydrogen-bond donors (Lipinski definition) is 2. The molecule has 0 unspecified atom stereocenters. The van der Waals surface area contributed by atoms with Gasteiger partial charge in [0.1, 0.15) is 5.82 Å². The molecule has 0 fully saturated rings. The van der Waals surface area contributed by atoms with Gasteiger partial charge in [0.25, 0.3) is 0 Å². The number of nitrogens with two attached hydrogens (primary N) is 1. The lowest BCUT2D eigenvalue weighted by Crippen LogP contribution is -2.04. The fraction of sp³-hybridized carbons (Fsp3) is 0.364. The van der Waals surface area contributed by atoms with Crippen molar-refractivity contribution in [2.24, 2.45) is 19.8 Å². The lowest BCUT2D eigenvalue weighted by molar-refractivity contribution is 0.811. The van der Waals surface area contributed by atoms with E-state index in [1.54, 1.807) is 6.20 Å². The minimum atomic E-state index is 0.556. The Kier molecular flexibility index (Phi) is 2.96. The van der Waals surface area contributed by atoms with Crippen molar-refractivity contribution in [1.29, 1.82) is 0 Å². The number of hydrogen-bond acceptors (Lipinski definition) is 3. The smallest absolute Gasteiger partial charge is 0.127 e. The van der Waals surface area contributed by atoms with Gasteiger partial charge < -0.3 is 20.2 Å². The first-order valence-corrected chi connectivity index (χ1v) is 5.26. The number of aryl methyl sites for hydroxylation is 2. The molecule has 86 valence electrons. The average Bonchev–Trinajstić information content (AvgIpc) is 2.82. The van der Waals surface area contributed by atoms with Gasteiger partial charge in [0.15, 0.2) is 0 Å². The van der Waals surface area contributed by atoms with E-state index < -0.39 is 0 Å². The Labute approximate surface area is 94.9 Å². The molecule has 2 aromatic rings. The third kappa shape index (κ3) is 2.09. The normalized spacial score (nSPS) is 10.7. The molecule has 0 atom stereocenters. The van der Waals surface area contributed by atoms with Gasteiger partial charge in [-0.3, -0.25) is 0 Å². The number of aromatic nitrogens is 3. The minimum Gasteiger partial charge on any atom is -0.377 e. The first-order valence-electron chi connectivity index (χ1n) is 5.26. The fourth-order valence-corrected chi connectivity index (χ4v) is 1.66. The third-order valence-corrected chi connectivity index (χ3v) is 2.69. The van der Waals surface area contributed by atoms with E-state index in [1.807, 2.05) is 35.6 Å². The second kappa shape index (κ2) is 4.40. The third-order valence-electron chi connectivity index (χ3n) is 2.69. The zero-order valence-corrected chi connectivity index (χ0v) is 9.64. The van der Waals surface area contributed by atoms with Gasteiger partial charge in [0.2, 0.25) is 0 Å². The van der Waals surface area contributed by atoms with Crippen LogP contribution >= 0.6 is 0 Å². The molecule has 0 amide bonds. The molecule has 0 radical (unpaired) electrons. The SMILES string of the molecule is Cn1cc(NCc2nccn2C)cc1CN. The van der Waals surface area contributed by atoms with E-state index in [1.165, 1.54) is 0 Å². The summed E-state index contributed by atoms with van der Waals surface area (Å²) in [4.78, 5) is 4.25. The second-order valence-corrected chi connectivity index (χ2v) is 3.84. The number of nitrogens with one attached hydrogen (secondary N) is 1. The summed E-state index contributed by atoms with van der Waals surface area (Å²) in [6, 6.07) is 2.06. The van der Waals surface area contributed by atoms with Crippen LogP contribution in [0.3, 0.4) is 0 Å². The highest BCUT2D eigenvalue weighted by Gasteiger charge is 2.02. The van der Waals surface area contributed by atoms with Crippen LogP contribution in [0, 0.1) is 0 Å². The van der Waals surface area contributed by atoms with Gasteiger partial charge in [-0.1, -0.05) is 0 Å². The molecule has 0 saturated heterocycles. The summed E-state index contributed by atoms with van der Waals surface area (Å²) in [5.41, 5.74) is 7.80. The standard InChI is InChI=1S/C11H17N5/c1-15-4-3-13-11(15)7-14-9-5-10(6-12)16(2)8-9/h3-5,8,14H,6-7,12H2,1-2H3. The van der Waals surface area contributed by atoms with E-state index in [-0.39, 0.29) is 0 Å². The van der Waals surface area contributed by atoms with Gasteiger partial charge in [0, 0.05) is 44.9 Å². The van der Waals surface area contributed by atoms with Crippen LogP contribution in [0.4, 0.5) is 5.69 Å².